The van der Waals surface area contributed by atoms with E-state index in [2.05, 4.69) is 0 Å². The van der Waals surface area contributed by atoms with Crippen LogP contribution in [0.4, 0.5) is 5.69 Å². The molecular formula is C14H13ClN+. The fourth-order valence-electron chi connectivity index (χ4n) is 1.53. The normalized spacial score (nSPS) is 12.1. The molecule has 0 N–H and O–H groups in total. The summed E-state index contributed by atoms with van der Waals surface area (Å²) in [6.07, 6.45) is 0. The molecular weight excluding hydrogens is 218 g/mol. The Kier molecular flexibility index (Phi) is 3.37. The van der Waals surface area contributed by atoms with Crippen LogP contribution in [0.2, 0.25) is 0 Å². The van der Waals surface area contributed by atoms with Gasteiger partial charge in [0.25, 0.3) is 5.17 Å². The molecule has 0 atom stereocenters. The Morgan fingerprint density at radius 3 is 1.94 bits per heavy atom. The number of para-hydroxylation sites is 1. The number of rotatable bonds is 2. The summed E-state index contributed by atoms with van der Waals surface area (Å²) in [6, 6.07) is 20.0. The maximum Gasteiger partial charge on any atom is 0.282 e. The van der Waals surface area contributed by atoms with Crippen molar-refractivity contribution in [3.8, 4) is 0 Å². The van der Waals surface area contributed by atoms with Gasteiger partial charge in [-0.3, -0.25) is 0 Å². The molecule has 0 saturated heterocycles. The van der Waals surface area contributed by atoms with Gasteiger partial charge in [-0.25, -0.2) is 0 Å². The second-order valence-corrected chi connectivity index (χ2v) is 3.91. The van der Waals surface area contributed by atoms with Crippen molar-refractivity contribution in [1.82, 2.24) is 0 Å². The summed E-state index contributed by atoms with van der Waals surface area (Å²) in [6.45, 7) is 0. The van der Waals surface area contributed by atoms with Crippen LogP contribution in [0.5, 0.6) is 0 Å². The second-order valence-electron chi connectivity index (χ2n) is 3.55. The largest absolute Gasteiger partial charge is 0.282 e. The molecule has 2 aromatic rings. The molecule has 80 valence electrons. The Labute approximate surface area is 101 Å². The average Bonchev–Trinajstić information content (AvgIpc) is 2.39. The quantitative estimate of drug-likeness (QED) is 0.547. The van der Waals surface area contributed by atoms with Crippen molar-refractivity contribution < 1.29 is 4.58 Å². The summed E-state index contributed by atoms with van der Waals surface area (Å²) in [4.78, 5) is 0. The summed E-state index contributed by atoms with van der Waals surface area (Å²) in [5, 5.41) is 0.729. The van der Waals surface area contributed by atoms with Crippen molar-refractivity contribution >= 4 is 22.5 Å². The minimum Gasteiger partial charge on any atom is -0.184 e. The zero-order valence-electron chi connectivity index (χ0n) is 9.10. The van der Waals surface area contributed by atoms with Gasteiger partial charge in [-0.05, 0) is 23.7 Å². The van der Waals surface area contributed by atoms with E-state index in [1.165, 1.54) is 0 Å². The van der Waals surface area contributed by atoms with Crippen molar-refractivity contribution in [2.45, 2.75) is 0 Å². The average molecular weight is 231 g/mol. The van der Waals surface area contributed by atoms with Crippen molar-refractivity contribution in [1.29, 1.82) is 0 Å². The van der Waals surface area contributed by atoms with Crippen LogP contribution in [0, 0.1) is 0 Å². The Balaban J connectivity index is 2.43. The van der Waals surface area contributed by atoms with Gasteiger partial charge in [-0.2, -0.15) is 4.58 Å². The van der Waals surface area contributed by atoms with Crippen LogP contribution in [0.1, 0.15) is 5.56 Å². The minimum atomic E-state index is 0.729. The lowest BCUT2D eigenvalue weighted by molar-refractivity contribution is -0.401. The first kappa shape index (κ1) is 10.9. The van der Waals surface area contributed by atoms with Gasteiger partial charge in [0.05, 0.1) is 5.56 Å². The lowest BCUT2D eigenvalue weighted by Gasteiger charge is -1.99. The van der Waals surface area contributed by atoms with Gasteiger partial charge in [0.1, 0.15) is 7.05 Å². The fourth-order valence-corrected chi connectivity index (χ4v) is 1.76. The van der Waals surface area contributed by atoms with E-state index in [1.807, 2.05) is 72.3 Å². The third-order valence-electron chi connectivity index (χ3n) is 2.45. The number of benzene rings is 2. The lowest BCUT2D eigenvalue weighted by Crippen LogP contribution is -2.08. The second kappa shape index (κ2) is 4.95. The SMILES string of the molecule is C[N+](=C(Cl)c1ccccc1)c1ccccc1. The smallest absolute Gasteiger partial charge is 0.184 e. The molecule has 0 aliphatic carbocycles. The molecule has 2 heteroatoms. The van der Waals surface area contributed by atoms with Crippen LogP contribution in [0.3, 0.4) is 0 Å². The van der Waals surface area contributed by atoms with Crippen LogP contribution in [0.25, 0.3) is 0 Å². The third kappa shape index (κ3) is 2.31. The van der Waals surface area contributed by atoms with Crippen LogP contribution >= 0.6 is 11.6 Å². The van der Waals surface area contributed by atoms with E-state index in [0.29, 0.717) is 0 Å². The zero-order valence-corrected chi connectivity index (χ0v) is 9.85. The van der Waals surface area contributed by atoms with Crippen LogP contribution < -0.4 is 0 Å². The molecule has 0 aliphatic rings. The lowest BCUT2D eigenvalue weighted by atomic mass is 10.2. The van der Waals surface area contributed by atoms with Crippen LogP contribution in [-0.2, 0) is 0 Å². The molecule has 0 spiro atoms. The van der Waals surface area contributed by atoms with Crippen LogP contribution in [-0.4, -0.2) is 16.8 Å². The van der Waals surface area contributed by atoms with E-state index in [-0.39, 0.29) is 0 Å². The molecule has 0 radical (unpaired) electrons. The summed E-state index contributed by atoms with van der Waals surface area (Å²) in [5.41, 5.74) is 2.10. The van der Waals surface area contributed by atoms with Gasteiger partial charge >= 0.3 is 0 Å². The molecule has 0 unspecified atom stereocenters. The Hall–Kier alpha value is -1.60. The minimum absolute atomic E-state index is 0.729. The highest BCUT2D eigenvalue weighted by Crippen LogP contribution is 2.13. The third-order valence-corrected chi connectivity index (χ3v) is 2.92. The van der Waals surface area contributed by atoms with Crippen molar-refractivity contribution in [2.75, 3.05) is 7.05 Å². The van der Waals surface area contributed by atoms with Gasteiger partial charge in [-0.1, -0.05) is 36.4 Å². The molecule has 2 rings (SSSR count). The van der Waals surface area contributed by atoms with E-state index in [9.17, 15) is 0 Å². The van der Waals surface area contributed by atoms with Gasteiger partial charge in [0, 0.05) is 12.1 Å². The molecule has 0 fully saturated rings. The van der Waals surface area contributed by atoms with Crippen molar-refractivity contribution in [3.63, 3.8) is 0 Å². The van der Waals surface area contributed by atoms with Crippen molar-refractivity contribution in [3.05, 3.63) is 66.2 Å². The van der Waals surface area contributed by atoms with Gasteiger partial charge in [0.2, 0.25) is 5.69 Å². The highest BCUT2D eigenvalue weighted by molar-refractivity contribution is 6.68. The highest BCUT2D eigenvalue weighted by atomic mass is 35.5. The predicted octanol–water partition coefficient (Wildman–Crippen LogP) is 3.65. The first-order chi connectivity index (χ1) is 7.79. The zero-order chi connectivity index (χ0) is 11.4. The van der Waals surface area contributed by atoms with Gasteiger partial charge < -0.3 is 0 Å². The fraction of sp³-hybridized carbons (Fsp3) is 0.0714. The van der Waals surface area contributed by atoms with Crippen LogP contribution in [0.15, 0.2) is 60.7 Å². The van der Waals surface area contributed by atoms with E-state index >= 15 is 0 Å². The molecule has 0 aliphatic heterocycles. The molecule has 0 aromatic heterocycles. The van der Waals surface area contributed by atoms with Crippen molar-refractivity contribution in [2.24, 2.45) is 0 Å². The standard InChI is InChI=1S/C14H13ClN/c1-16(13-10-6-3-7-11-13)14(15)12-8-4-2-5-9-12/h2-11H,1H3/q+1. The molecule has 1 nitrogen and oxygen atoms in total. The molecule has 0 saturated carbocycles. The first-order valence-corrected chi connectivity index (χ1v) is 5.53. The number of hydrogen-bond donors (Lipinski definition) is 0. The maximum atomic E-state index is 6.33. The highest BCUT2D eigenvalue weighted by Gasteiger charge is 2.12. The summed E-state index contributed by atoms with van der Waals surface area (Å²) >= 11 is 6.33. The molecule has 0 bridgehead atoms. The molecule has 0 heterocycles. The molecule has 0 amide bonds. The number of halogens is 1. The van der Waals surface area contributed by atoms with E-state index in [1.54, 1.807) is 0 Å². The topological polar surface area (TPSA) is 3.01 Å². The molecule has 16 heavy (non-hydrogen) atoms. The maximum absolute atomic E-state index is 6.33. The van der Waals surface area contributed by atoms with E-state index < -0.39 is 0 Å². The Morgan fingerprint density at radius 1 is 0.875 bits per heavy atom. The summed E-state index contributed by atoms with van der Waals surface area (Å²) < 4.78 is 1.97. The van der Waals surface area contributed by atoms with Gasteiger partial charge in [0.15, 0.2) is 0 Å². The van der Waals surface area contributed by atoms with Gasteiger partial charge in [-0.15, -0.1) is 0 Å². The summed E-state index contributed by atoms with van der Waals surface area (Å²) in [7, 11) is 1.96. The van der Waals surface area contributed by atoms with E-state index in [4.69, 9.17) is 11.6 Å². The Bertz CT molecular complexity index is 441. The number of hydrogen-bond acceptors (Lipinski definition) is 0. The summed E-state index contributed by atoms with van der Waals surface area (Å²) in [5.74, 6) is 0. The van der Waals surface area contributed by atoms with E-state index in [0.717, 1.165) is 16.4 Å². The Morgan fingerprint density at radius 2 is 1.38 bits per heavy atom. The molecule has 2 aromatic carbocycles. The first-order valence-electron chi connectivity index (χ1n) is 5.15. The predicted molar refractivity (Wildman–Crippen MR) is 68.7 cm³/mol. The monoisotopic (exact) mass is 230 g/mol. The number of nitrogens with zero attached hydrogens (tertiary/aromatic N) is 1.